The van der Waals surface area contributed by atoms with Crippen LogP contribution < -0.4 is 10.9 Å². The van der Waals surface area contributed by atoms with Crippen molar-refractivity contribution in [3.05, 3.63) is 76.6 Å². The number of pyridine rings is 1. The van der Waals surface area contributed by atoms with E-state index in [1.807, 2.05) is 60.7 Å². The number of fused-ring (bicyclic) bond motifs is 1. The summed E-state index contributed by atoms with van der Waals surface area (Å²) < 4.78 is 1.68. The fourth-order valence-electron chi connectivity index (χ4n) is 2.34. The standard InChI is InChI=1S/C17H16N2O/c1-19-16-10-6-5-9-14(16)11-15(17(19)20)18-12-13-7-3-2-4-8-13/h2-11,18H,12H2,1H3. The topological polar surface area (TPSA) is 34.0 Å². The third-order valence-corrected chi connectivity index (χ3v) is 3.46. The summed E-state index contributed by atoms with van der Waals surface area (Å²) in [5, 5.41) is 4.29. The van der Waals surface area contributed by atoms with Crippen molar-refractivity contribution in [1.29, 1.82) is 0 Å². The largest absolute Gasteiger partial charge is 0.376 e. The Bertz CT molecular complexity index is 791. The van der Waals surface area contributed by atoms with E-state index < -0.39 is 0 Å². The second kappa shape index (κ2) is 5.21. The molecule has 0 aliphatic carbocycles. The molecule has 2 aromatic carbocycles. The third-order valence-electron chi connectivity index (χ3n) is 3.46. The molecule has 0 spiro atoms. The van der Waals surface area contributed by atoms with Crippen LogP contribution in [0.1, 0.15) is 5.56 Å². The monoisotopic (exact) mass is 264 g/mol. The lowest BCUT2D eigenvalue weighted by atomic mass is 10.2. The van der Waals surface area contributed by atoms with Crippen LogP contribution in [-0.4, -0.2) is 4.57 Å². The van der Waals surface area contributed by atoms with Gasteiger partial charge in [-0.25, -0.2) is 0 Å². The minimum atomic E-state index is -0.000342. The van der Waals surface area contributed by atoms with Gasteiger partial charge in [-0.2, -0.15) is 0 Å². The van der Waals surface area contributed by atoms with E-state index in [9.17, 15) is 4.79 Å². The molecule has 3 heteroatoms. The number of nitrogens with zero attached hydrogens (tertiary/aromatic N) is 1. The lowest BCUT2D eigenvalue weighted by Gasteiger charge is -2.10. The van der Waals surface area contributed by atoms with Gasteiger partial charge in [0.15, 0.2) is 0 Å². The summed E-state index contributed by atoms with van der Waals surface area (Å²) in [7, 11) is 1.80. The van der Waals surface area contributed by atoms with E-state index in [0.717, 1.165) is 16.5 Å². The summed E-state index contributed by atoms with van der Waals surface area (Å²) in [5.74, 6) is 0. The maximum atomic E-state index is 12.3. The highest BCUT2D eigenvalue weighted by atomic mass is 16.1. The molecule has 0 fully saturated rings. The Morgan fingerprint density at radius 2 is 1.70 bits per heavy atom. The Morgan fingerprint density at radius 1 is 1.00 bits per heavy atom. The third kappa shape index (κ3) is 2.30. The quantitative estimate of drug-likeness (QED) is 0.788. The van der Waals surface area contributed by atoms with Crippen molar-refractivity contribution in [3.8, 4) is 0 Å². The van der Waals surface area contributed by atoms with Gasteiger partial charge in [0, 0.05) is 19.0 Å². The molecule has 0 bridgehead atoms. The van der Waals surface area contributed by atoms with Crippen molar-refractivity contribution in [2.24, 2.45) is 7.05 Å². The van der Waals surface area contributed by atoms with Gasteiger partial charge in [0.1, 0.15) is 5.69 Å². The number of nitrogens with one attached hydrogen (secondary N) is 1. The van der Waals surface area contributed by atoms with Crippen LogP contribution in [-0.2, 0) is 13.6 Å². The molecule has 0 atom stereocenters. The van der Waals surface area contributed by atoms with E-state index in [4.69, 9.17) is 0 Å². The van der Waals surface area contributed by atoms with E-state index in [-0.39, 0.29) is 5.56 Å². The number of para-hydroxylation sites is 1. The second-order valence-electron chi connectivity index (χ2n) is 4.82. The lowest BCUT2D eigenvalue weighted by Crippen LogP contribution is -2.21. The highest BCUT2D eigenvalue weighted by Gasteiger charge is 2.05. The molecule has 1 heterocycles. The zero-order valence-corrected chi connectivity index (χ0v) is 11.3. The molecule has 0 aliphatic heterocycles. The maximum Gasteiger partial charge on any atom is 0.274 e. The number of anilines is 1. The van der Waals surface area contributed by atoms with Gasteiger partial charge in [-0.15, -0.1) is 0 Å². The molecule has 0 unspecified atom stereocenters. The Labute approximate surface area is 117 Å². The molecule has 3 nitrogen and oxygen atoms in total. The van der Waals surface area contributed by atoms with Crippen LogP contribution in [0.15, 0.2) is 65.5 Å². The minimum absolute atomic E-state index is 0.000342. The minimum Gasteiger partial charge on any atom is -0.376 e. The van der Waals surface area contributed by atoms with Crippen LogP contribution in [0.4, 0.5) is 5.69 Å². The highest BCUT2D eigenvalue weighted by Crippen LogP contribution is 2.15. The first-order valence-electron chi connectivity index (χ1n) is 6.62. The van der Waals surface area contributed by atoms with Crippen LogP contribution in [0.25, 0.3) is 10.9 Å². The summed E-state index contributed by atoms with van der Waals surface area (Å²) in [6, 6.07) is 19.9. The molecule has 1 N–H and O–H groups in total. The first-order chi connectivity index (χ1) is 9.75. The average molecular weight is 264 g/mol. The van der Waals surface area contributed by atoms with Gasteiger partial charge in [-0.1, -0.05) is 48.5 Å². The smallest absolute Gasteiger partial charge is 0.274 e. The van der Waals surface area contributed by atoms with E-state index in [0.29, 0.717) is 12.2 Å². The number of hydrogen-bond donors (Lipinski definition) is 1. The van der Waals surface area contributed by atoms with Gasteiger partial charge in [0.2, 0.25) is 0 Å². The molecule has 1 aromatic heterocycles. The first-order valence-corrected chi connectivity index (χ1v) is 6.62. The molecule has 3 aromatic rings. The SMILES string of the molecule is Cn1c(=O)c(NCc2ccccc2)cc2ccccc21. The van der Waals surface area contributed by atoms with Crippen LogP contribution in [0.3, 0.4) is 0 Å². The number of rotatable bonds is 3. The van der Waals surface area contributed by atoms with E-state index >= 15 is 0 Å². The molecule has 0 aliphatic rings. The first kappa shape index (κ1) is 12.5. The van der Waals surface area contributed by atoms with Crippen LogP contribution >= 0.6 is 0 Å². The fourth-order valence-corrected chi connectivity index (χ4v) is 2.34. The molecule has 20 heavy (non-hydrogen) atoms. The number of benzene rings is 2. The zero-order chi connectivity index (χ0) is 13.9. The Morgan fingerprint density at radius 3 is 2.50 bits per heavy atom. The summed E-state index contributed by atoms with van der Waals surface area (Å²) in [6.07, 6.45) is 0. The van der Waals surface area contributed by atoms with E-state index in [1.165, 1.54) is 0 Å². The zero-order valence-electron chi connectivity index (χ0n) is 11.3. The molecular formula is C17H16N2O. The predicted octanol–water partition coefficient (Wildman–Crippen LogP) is 3.15. The van der Waals surface area contributed by atoms with Crippen molar-refractivity contribution in [2.45, 2.75) is 6.54 Å². The molecule has 0 radical (unpaired) electrons. The van der Waals surface area contributed by atoms with Crippen molar-refractivity contribution >= 4 is 16.6 Å². The number of aromatic nitrogens is 1. The summed E-state index contributed by atoms with van der Waals surface area (Å²) in [5.41, 5.74) is 2.74. The fraction of sp³-hybridized carbons (Fsp3) is 0.118. The molecule has 0 saturated carbocycles. The molecular weight excluding hydrogens is 248 g/mol. The number of hydrogen-bond acceptors (Lipinski definition) is 2. The van der Waals surface area contributed by atoms with Crippen LogP contribution in [0, 0.1) is 0 Å². The molecule has 0 saturated heterocycles. The van der Waals surface area contributed by atoms with Crippen molar-refractivity contribution in [2.75, 3.05) is 5.32 Å². The summed E-state index contributed by atoms with van der Waals surface area (Å²) in [6.45, 7) is 0.647. The maximum absolute atomic E-state index is 12.3. The van der Waals surface area contributed by atoms with E-state index in [1.54, 1.807) is 11.6 Å². The van der Waals surface area contributed by atoms with Gasteiger partial charge < -0.3 is 9.88 Å². The molecule has 0 amide bonds. The second-order valence-corrected chi connectivity index (χ2v) is 4.82. The molecule has 100 valence electrons. The van der Waals surface area contributed by atoms with Gasteiger partial charge in [0.25, 0.3) is 5.56 Å². The van der Waals surface area contributed by atoms with E-state index in [2.05, 4.69) is 5.32 Å². The normalized spacial score (nSPS) is 10.7. The Hall–Kier alpha value is -2.55. The number of aryl methyl sites for hydroxylation is 1. The van der Waals surface area contributed by atoms with Crippen LogP contribution in [0.2, 0.25) is 0 Å². The van der Waals surface area contributed by atoms with Gasteiger partial charge in [0.05, 0.1) is 5.52 Å². The van der Waals surface area contributed by atoms with Crippen LogP contribution in [0.5, 0.6) is 0 Å². The molecule has 3 rings (SSSR count). The van der Waals surface area contributed by atoms with Gasteiger partial charge >= 0.3 is 0 Å². The van der Waals surface area contributed by atoms with Crippen molar-refractivity contribution in [3.63, 3.8) is 0 Å². The van der Waals surface area contributed by atoms with Crippen molar-refractivity contribution in [1.82, 2.24) is 4.57 Å². The highest BCUT2D eigenvalue weighted by molar-refractivity contribution is 5.82. The van der Waals surface area contributed by atoms with Gasteiger partial charge in [-0.05, 0) is 17.7 Å². The predicted molar refractivity (Wildman–Crippen MR) is 83.0 cm³/mol. The average Bonchev–Trinajstić information content (AvgIpc) is 2.50. The lowest BCUT2D eigenvalue weighted by molar-refractivity contribution is 0.903. The summed E-state index contributed by atoms with van der Waals surface area (Å²) >= 11 is 0. The summed E-state index contributed by atoms with van der Waals surface area (Å²) in [4.78, 5) is 12.3. The Kier molecular flexibility index (Phi) is 3.25. The van der Waals surface area contributed by atoms with Crippen molar-refractivity contribution < 1.29 is 0 Å². The Balaban J connectivity index is 1.96. The van der Waals surface area contributed by atoms with Gasteiger partial charge in [-0.3, -0.25) is 4.79 Å².